The van der Waals surface area contributed by atoms with E-state index in [1.165, 1.54) is 0 Å². The number of morpholine rings is 1. The summed E-state index contributed by atoms with van der Waals surface area (Å²) in [5.41, 5.74) is 1.15. The van der Waals surface area contributed by atoms with Crippen LogP contribution in [0, 0.1) is 5.92 Å². The third-order valence-corrected chi connectivity index (χ3v) is 6.70. The van der Waals surface area contributed by atoms with Crippen LogP contribution in [0.1, 0.15) is 32.6 Å². The quantitative estimate of drug-likeness (QED) is 0.784. The van der Waals surface area contributed by atoms with E-state index in [0.717, 1.165) is 63.4 Å². The predicted molar refractivity (Wildman–Crippen MR) is 103 cm³/mol. The fraction of sp³-hybridized carbons (Fsp3) is 0.684. The van der Waals surface area contributed by atoms with Crippen molar-refractivity contribution in [2.75, 3.05) is 43.6 Å². The Morgan fingerprint density at radius 1 is 1.23 bits per heavy atom. The van der Waals surface area contributed by atoms with Crippen LogP contribution in [0.4, 0.5) is 5.69 Å². The fourth-order valence-corrected chi connectivity index (χ4v) is 4.61. The van der Waals surface area contributed by atoms with Crippen molar-refractivity contribution in [1.82, 2.24) is 4.72 Å². The van der Waals surface area contributed by atoms with Crippen molar-refractivity contribution < 1.29 is 17.9 Å². The molecule has 2 aliphatic rings. The largest absolute Gasteiger partial charge is 0.493 e. The molecule has 0 amide bonds. The van der Waals surface area contributed by atoms with Gasteiger partial charge in [0.2, 0.25) is 10.0 Å². The van der Waals surface area contributed by atoms with Gasteiger partial charge < -0.3 is 14.4 Å². The monoisotopic (exact) mass is 382 g/mol. The molecule has 0 radical (unpaired) electrons. The fourth-order valence-electron chi connectivity index (χ4n) is 3.67. The Labute approximate surface area is 156 Å². The van der Waals surface area contributed by atoms with Gasteiger partial charge in [0.1, 0.15) is 5.75 Å². The first-order chi connectivity index (χ1) is 12.6. The minimum Gasteiger partial charge on any atom is -0.493 e. The molecule has 146 valence electrons. The van der Waals surface area contributed by atoms with Crippen LogP contribution in [-0.2, 0) is 14.8 Å². The normalized spacial score (nSPS) is 24.4. The minimum absolute atomic E-state index is 0.0175. The van der Waals surface area contributed by atoms with Gasteiger partial charge in [-0.15, -0.1) is 0 Å². The molecule has 7 heteroatoms. The maximum absolute atomic E-state index is 11.9. The Hall–Kier alpha value is -1.31. The van der Waals surface area contributed by atoms with Gasteiger partial charge in [-0.05, 0) is 31.9 Å². The van der Waals surface area contributed by atoms with Gasteiger partial charge in [-0.3, -0.25) is 0 Å². The molecule has 0 aromatic heterocycles. The molecule has 1 aliphatic heterocycles. The molecular formula is C19H30N2O4S. The number of nitrogens with one attached hydrogen (secondary N) is 1. The summed E-state index contributed by atoms with van der Waals surface area (Å²) < 4.78 is 38.2. The van der Waals surface area contributed by atoms with Crippen molar-refractivity contribution in [2.24, 2.45) is 5.92 Å². The molecule has 1 aromatic carbocycles. The van der Waals surface area contributed by atoms with E-state index in [2.05, 4.69) is 21.8 Å². The molecule has 1 heterocycles. The molecule has 3 rings (SSSR count). The smallest absolute Gasteiger partial charge is 0.211 e. The first-order valence-corrected chi connectivity index (χ1v) is 11.3. The van der Waals surface area contributed by atoms with E-state index in [1.54, 1.807) is 6.92 Å². The second-order valence-electron chi connectivity index (χ2n) is 7.08. The summed E-state index contributed by atoms with van der Waals surface area (Å²) >= 11 is 0. The molecule has 1 aromatic rings. The van der Waals surface area contributed by atoms with Crippen LogP contribution in [-0.4, -0.2) is 53.1 Å². The molecule has 1 saturated heterocycles. The third kappa shape index (κ3) is 5.34. The summed E-state index contributed by atoms with van der Waals surface area (Å²) in [6.45, 7) is 5.52. The Morgan fingerprint density at radius 3 is 2.77 bits per heavy atom. The number of hydrogen-bond donors (Lipinski definition) is 1. The average molecular weight is 383 g/mol. The minimum atomic E-state index is -3.18. The molecule has 0 bridgehead atoms. The second-order valence-corrected chi connectivity index (χ2v) is 9.12. The average Bonchev–Trinajstić information content (AvgIpc) is 2.68. The molecule has 1 aliphatic carbocycles. The number of rotatable bonds is 7. The maximum atomic E-state index is 11.9. The van der Waals surface area contributed by atoms with Gasteiger partial charge >= 0.3 is 0 Å². The summed E-state index contributed by atoms with van der Waals surface area (Å²) in [6, 6.07) is 8.13. The highest BCUT2D eigenvalue weighted by Crippen LogP contribution is 2.27. The van der Waals surface area contributed by atoms with Gasteiger partial charge in [0.25, 0.3) is 0 Å². The first kappa shape index (κ1) is 19.5. The highest BCUT2D eigenvalue weighted by molar-refractivity contribution is 7.89. The Morgan fingerprint density at radius 2 is 2.00 bits per heavy atom. The van der Waals surface area contributed by atoms with Gasteiger partial charge in [0.05, 0.1) is 25.6 Å². The van der Waals surface area contributed by atoms with E-state index in [0.29, 0.717) is 6.61 Å². The molecule has 2 fully saturated rings. The first-order valence-electron chi connectivity index (χ1n) is 9.63. The molecule has 0 spiro atoms. The molecule has 2 atom stereocenters. The van der Waals surface area contributed by atoms with Crippen molar-refractivity contribution in [2.45, 2.75) is 38.6 Å². The summed E-state index contributed by atoms with van der Waals surface area (Å²) in [4.78, 5) is 2.30. The molecule has 0 unspecified atom stereocenters. The molecule has 1 saturated carbocycles. The van der Waals surface area contributed by atoms with Crippen LogP contribution in [0.25, 0.3) is 0 Å². The number of sulfonamides is 1. The van der Waals surface area contributed by atoms with Crippen molar-refractivity contribution in [3.8, 4) is 5.75 Å². The second kappa shape index (κ2) is 9.06. The lowest BCUT2D eigenvalue weighted by Crippen LogP contribution is -2.44. The summed E-state index contributed by atoms with van der Waals surface area (Å²) in [6.07, 6.45) is 4.09. The van der Waals surface area contributed by atoms with E-state index in [1.807, 2.05) is 12.1 Å². The number of anilines is 1. The lowest BCUT2D eigenvalue weighted by atomic mass is 9.86. The van der Waals surface area contributed by atoms with Gasteiger partial charge in [-0.25, -0.2) is 13.1 Å². The SMILES string of the molecule is CCS(=O)(=O)N[C@H]1CCCC[C@@H]1COc1cccc(N2CCOCC2)c1. The summed E-state index contributed by atoms with van der Waals surface area (Å²) in [5.74, 6) is 1.19. The van der Waals surface area contributed by atoms with Crippen LogP contribution >= 0.6 is 0 Å². The molecule has 1 N–H and O–H groups in total. The zero-order valence-corrected chi connectivity index (χ0v) is 16.3. The summed E-state index contributed by atoms with van der Waals surface area (Å²) in [5, 5.41) is 0. The number of benzene rings is 1. The van der Waals surface area contributed by atoms with Gasteiger partial charge in [-0.2, -0.15) is 0 Å². The van der Waals surface area contributed by atoms with E-state index < -0.39 is 10.0 Å². The Balaban J connectivity index is 1.60. The predicted octanol–water partition coefficient (Wildman–Crippen LogP) is 2.40. The summed E-state index contributed by atoms with van der Waals surface area (Å²) in [7, 11) is -3.18. The van der Waals surface area contributed by atoms with Gasteiger partial charge in [0, 0.05) is 36.8 Å². The number of hydrogen-bond acceptors (Lipinski definition) is 5. The van der Waals surface area contributed by atoms with Crippen LogP contribution < -0.4 is 14.4 Å². The van der Waals surface area contributed by atoms with Crippen LogP contribution in [0.3, 0.4) is 0 Å². The van der Waals surface area contributed by atoms with Crippen LogP contribution in [0.5, 0.6) is 5.75 Å². The Bertz CT molecular complexity index is 674. The van der Waals surface area contributed by atoms with E-state index in [-0.39, 0.29) is 17.7 Å². The zero-order valence-electron chi connectivity index (χ0n) is 15.5. The molecule has 6 nitrogen and oxygen atoms in total. The van der Waals surface area contributed by atoms with Crippen molar-refractivity contribution in [1.29, 1.82) is 0 Å². The zero-order chi connectivity index (χ0) is 18.4. The van der Waals surface area contributed by atoms with Crippen molar-refractivity contribution in [3.05, 3.63) is 24.3 Å². The van der Waals surface area contributed by atoms with Crippen LogP contribution in [0.2, 0.25) is 0 Å². The number of nitrogens with zero attached hydrogens (tertiary/aromatic N) is 1. The lowest BCUT2D eigenvalue weighted by Gasteiger charge is -2.32. The Kier molecular flexibility index (Phi) is 6.78. The highest BCUT2D eigenvalue weighted by Gasteiger charge is 2.28. The molecular weight excluding hydrogens is 352 g/mol. The van der Waals surface area contributed by atoms with Gasteiger partial charge in [0.15, 0.2) is 0 Å². The van der Waals surface area contributed by atoms with E-state index in [4.69, 9.17) is 9.47 Å². The van der Waals surface area contributed by atoms with Crippen LogP contribution in [0.15, 0.2) is 24.3 Å². The number of ether oxygens (including phenoxy) is 2. The van der Waals surface area contributed by atoms with Gasteiger partial charge in [-0.1, -0.05) is 18.9 Å². The maximum Gasteiger partial charge on any atom is 0.211 e. The van der Waals surface area contributed by atoms with E-state index in [9.17, 15) is 8.42 Å². The van der Waals surface area contributed by atoms with Crippen molar-refractivity contribution >= 4 is 15.7 Å². The van der Waals surface area contributed by atoms with E-state index >= 15 is 0 Å². The highest BCUT2D eigenvalue weighted by atomic mass is 32.2. The standard InChI is InChI=1S/C19H30N2O4S/c1-2-26(22,23)20-19-9-4-3-6-16(19)15-25-18-8-5-7-17(14-18)21-10-12-24-13-11-21/h5,7-8,14,16,19-20H,2-4,6,9-13,15H2,1H3/t16-,19+/m1/s1. The third-order valence-electron chi connectivity index (χ3n) is 5.28. The lowest BCUT2D eigenvalue weighted by molar-refractivity contribution is 0.122. The topological polar surface area (TPSA) is 67.9 Å². The van der Waals surface area contributed by atoms with Crippen molar-refractivity contribution in [3.63, 3.8) is 0 Å². The molecule has 26 heavy (non-hydrogen) atoms.